The molecule has 0 unspecified atom stereocenters. The summed E-state index contributed by atoms with van der Waals surface area (Å²) in [5.74, 6) is -0.342. The standard InChI is InChI=1S/C19H21BrN2O4S/c1-13-3-5-15(27(2,24)25)12-16(13)19(23)21-17-11-14(20)4-6-18(17)22-7-9-26-10-8-22/h3-6,11-12H,7-10H2,1-2H3,(H,21,23). The van der Waals surface area contributed by atoms with Gasteiger partial charge in [0.1, 0.15) is 0 Å². The molecule has 27 heavy (non-hydrogen) atoms. The van der Waals surface area contributed by atoms with Crippen LogP contribution in [-0.2, 0) is 14.6 Å². The second-order valence-corrected chi connectivity index (χ2v) is 9.40. The molecule has 2 aromatic carbocycles. The van der Waals surface area contributed by atoms with Gasteiger partial charge in [-0.3, -0.25) is 4.79 Å². The van der Waals surface area contributed by atoms with Crippen molar-refractivity contribution in [2.45, 2.75) is 11.8 Å². The summed E-state index contributed by atoms with van der Waals surface area (Å²) < 4.78 is 29.9. The highest BCUT2D eigenvalue weighted by Crippen LogP contribution is 2.31. The fraction of sp³-hybridized carbons (Fsp3) is 0.316. The van der Waals surface area contributed by atoms with Crippen molar-refractivity contribution in [1.29, 1.82) is 0 Å². The SMILES string of the molecule is Cc1ccc(S(C)(=O)=O)cc1C(=O)Nc1cc(Br)ccc1N1CCOCC1. The van der Waals surface area contributed by atoms with E-state index in [4.69, 9.17) is 4.74 Å². The Morgan fingerprint density at radius 3 is 2.52 bits per heavy atom. The van der Waals surface area contributed by atoms with Crippen LogP contribution in [0.25, 0.3) is 0 Å². The normalized spacial score (nSPS) is 14.9. The quantitative estimate of drug-likeness (QED) is 0.770. The van der Waals surface area contributed by atoms with E-state index < -0.39 is 9.84 Å². The van der Waals surface area contributed by atoms with Gasteiger partial charge in [0.15, 0.2) is 9.84 Å². The Labute approximate surface area is 167 Å². The molecule has 0 saturated carbocycles. The number of carbonyl (C=O) groups is 1. The smallest absolute Gasteiger partial charge is 0.256 e. The maximum absolute atomic E-state index is 12.9. The summed E-state index contributed by atoms with van der Waals surface area (Å²) in [6, 6.07) is 10.3. The van der Waals surface area contributed by atoms with E-state index in [-0.39, 0.29) is 10.8 Å². The van der Waals surface area contributed by atoms with Crippen molar-refractivity contribution in [2.24, 2.45) is 0 Å². The highest BCUT2D eigenvalue weighted by Gasteiger charge is 2.19. The molecular formula is C19H21BrN2O4S. The van der Waals surface area contributed by atoms with E-state index in [0.29, 0.717) is 30.0 Å². The predicted octanol–water partition coefficient (Wildman–Crippen LogP) is 3.25. The highest BCUT2D eigenvalue weighted by molar-refractivity contribution is 9.10. The number of nitrogens with one attached hydrogen (secondary N) is 1. The number of aryl methyl sites for hydroxylation is 1. The zero-order valence-corrected chi connectivity index (χ0v) is 17.6. The minimum Gasteiger partial charge on any atom is -0.378 e. The number of sulfone groups is 1. The van der Waals surface area contributed by atoms with Crippen LogP contribution in [0.15, 0.2) is 45.8 Å². The van der Waals surface area contributed by atoms with Crippen molar-refractivity contribution >= 4 is 43.0 Å². The summed E-state index contributed by atoms with van der Waals surface area (Å²) in [6.07, 6.45) is 1.13. The van der Waals surface area contributed by atoms with Crippen molar-refractivity contribution in [3.05, 3.63) is 52.0 Å². The molecule has 0 aliphatic carbocycles. The van der Waals surface area contributed by atoms with E-state index >= 15 is 0 Å². The summed E-state index contributed by atoms with van der Waals surface area (Å²) in [4.78, 5) is 15.2. The van der Waals surface area contributed by atoms with Gasteiger partial charge in [-0.2, -0.15) is 0 Å². The van der Waals surface area contributed by atoms with Gasteiger partial charge in [-0.1, -0.05) is 22.0 Å². The first kappa shape index (κ1) is 19.9. The second-order valence-electron chi connectivity index (χ2n) is 6.46. The summed E-state index contributed by atoms with van der Waals surface area (Å²) in [6.45, 7) is 4.54. The summed E-state index contributed by atoms with van der Waals surface area (Å²) in [7, 11) is -3.39. The predicted molar refractivity (Wildman–Crippen MR) is 109 cm³/mol. The lowest BCUT2D eigenvalue weighted by Crippen LogP contribution is -2.36. The number of morpholine rings is 1. The second kappa shape index (κ2) is 8.00. The van der Waals surface area contributed by atoms with Crippen molar-refractivity contribution in [2.75, 3.05) is 42.8 Å². The lowest BCUT2D eigenvalue weighted by Gasteiger charge is -2.30. The third-order valence-electron chi connectivity index (χ3n) is 4.44. The lowest BCUT2D eigenvalue weighted by atomic mass is 10.1. The van der Waals surface area contributed by atoms with E-state index in [1.165, 1.54) is 12.1 Å². The number of halogens is 1. The fourth-order valence-electron chi connectivity index (χ4n) is 2.95. The van der Waals surface area contributed by atoms with E-state index in [0.717, 1.165) is 29.5 Å². The molecule has 1 aliphatic rings. The number of rotatable bonds is 4. The number of carbonyl (C=O) groups excluding carboxylic acids is 1. The number of nitrogens with zero attached hydrogens (tertiary/aromatic N) is 1. The average molecular weight is 453 g/mol. The molecule has 1 fully saturated rings. The van der Waals surface area contributed by atoms with E-state index in [2.05, 4.69) is 26.1 Å². The third-order valence-corrected chi connectivity index (χ3v) is 6.04. The van der Waals surface area contributed by atoms with Crippen molar-refractivity contribution < 1.29 is 17.9 Å². The van der Waals surface area contributed by atoms with Crippen molar-refractivity contribution in [1.82, 2.24) is 0 Å². The van der Waals surface area contributed by atoms with Gasteiger partial charge in [-0.15, -0.1) is 0 Å². The molecule has 0 spiro atoms. The molecule has 1 saturated heterocycles. The first-order valence-electron chi connectivity index (χ1n) is 8.50. The van der Waals surface area contributed by atoms with Gasteiger partial charge in [-0.25, -0.2) is 8.42 Å². The minimum absolute atomic E-state index is 0.126. The van der Waals surface area contributed by atoms with Gasteiger partial charge in [0.05, 0.1) is 29.5 Å². The monoisotopic (exact) mass is 452 g/mol. The maximum Gasteiger partial charge on any atom is 0.256 e. The first-order valence-corrected chi connectivity index (χ1v) is 11.2. The fourth-order valence-corrected chi connectivity index (χ4v) is 3.96. The molecule has 0 atom stereocenters. The average Bonchev–Trinajstić information content (AvgIpc) is 2.62. The van der Waals surface area contributed by atoms with Crippen LogP contribution in [0, 0.1) is 6.92 Å². The largest absolute Gasteiger partial charge is 0.378 e. The third kappa shape index (κ3) is 4.69. The summed E-state index contributed by atoms with van der Waals surface area (Å²) in [5, 5.41) is 2.94. The van der Waals surface area contributed by atoms with Crippen LogP contribution in [0.5, 0.6) is 0 Å². The van der Waals surface area contributed by atoms with E-state index in [9.17, 15) is 13.2 Å². The Kier molecular flexibility index (Phi) is 5.88. The van der Waals surface area contributed by atoms with Crippen LogP contribution in [0.3, 0.4) is 0 Å². The molecule has 1 N–H and O–H groups in total. The Balaban J connectivity index is 1.93. The molecule has 3 rings (SSSR count). The number of amides is 1. The topological polar surface area (TPSA) is 75.7 Å². The molecule has 144 valence electrons. The number of benzene rings is 2. The molecule has 8 heteroatoms. The summed E-state index contributed by atoms with van der Waals surface area (Å²) >= 11 is 3.44. The van der Waals surface area contributed by atoms with Crippen LogP contribution in [-0.4, -0.2) is 46.9 Å². The highest BCUT2D eigenvalue weighted by atomic mass is 79.9. The molecule has 0 radical (unpaired) electrons. The van der Waals surface area contributed by atoms with Crippen molar-refractivity contribution in [3.63, 3.8) is 0 Å². The number of hydrogen-bond acceptors (Lipinski definition) is 5. The molecule has 1 aliphatic heterocycles. The molecule has 6 nitrogen and oxygen atoms in total. The van der Waals surface area contributed by atoms with Gasteiger partial charge in [0.2, 0.25) is 0 Å². The van der Waals surface area contributed by atoms with Gasteiger partial charge in [-0.05, 0) is 42.8 Å². The van der Waals surface area contributed by atoms with Gasteiger partial charge >= 0.3 is 0 Å². The van der Waals surface area contributed by atoms with Crippen LogP contribution >= 0.6 is 15.9 Å². The first-order chi connectivity index (χ1) is 12.8. The number of hydrogen-bond donors (Lipinski definition) is 1. The minimum atomic E-state index is -3.39. The van der Waals surface area contributed by atoms with E-state index in [1.54, 1.807) is 13.0 Å². The lowest BCUT2D eigenvalue weighted by molar-refractivity contribution is 0.102. The van der Waals surface area contributed by atoms with Gasteiger partial charge < -0.3 is 15.0 Å². The molecule has 2 aromatic rings. The zero-order valence-electron chi connectivity index (χ0n) is 15.2. The summed E-state index contributed by atoms with van der Waals surface area (Å²) in [5.41, 5.74) is 2.63. The molecule has 1 amide bonds. The van der Waals surface area contributed by atoms with Crippen LogP contribution in [0.2, 0.25) is 0 Å². The molecule has 0 aromatic heterocycles. The zero-order chi connectivity index (χ0) is 19.6. The Morgan fingerprint density at radius 1 is 1.15 bits per heavy atom. The van der Waals surface area contributed by atoms with Crippen LogP contribution in [0.4, 0.5) is 11.4 Å². The molecule has 1 heterocycles. The van der Waals surface area contributed by atoms with Crippen molar-refractivity contribution in [3.8, 4) is 0 Å². The molecule has 0 bridgehead atoms. The maximum atomic E-state index is 12.9. The molecular weight excluding hydrogens is 432 g/mol. The number of ether oxygens (including phenoxy) is 1. The Hall–Kier alpha value is -1.90. The van der Waals surface area contributed by atoms with E-state index in [1.807, 2.05) is 18.2 Å². The van der Waals surface area contributed by atoms with Crippen LogP contribution < -0.4 is 10.2 Å². The Morgan fingerprint density at radius 2 is 1.85 bits per heavy atom. The number of anilines is 2. The van der Waals surface area contributed by atoms with Gasteiger partial charge in [0.25, 0.3) is 5.91 Å². The van der Waals surface area contributed by atoms with Gasteiger partial charge in [0, 0.05) is 29.4 Å². The Bertz CT molecular complexity index is 970. The van der Waals surface area contributed by atoms with Crippen LogP contribution in [0.1, 0.15) is 15.9 Å².